The highest BCUT2D eigenvalue weighted by Crippen LogP contribution is 2.37. The van der Waals surface area contributed by atoms with Gasteiger partial charge in [0.2, 0.25) is 0 Å². The van der Waals surface area contributed by atoms with Gasteiger partial charge < -0.3 is 14.4 Å². The van der Waals surface area contributed by atoms with Crippen LogP contribution in [0.3, 0.4) is 0 Å². The molecule has 2 aliphatic heterocycles. The highest BCUT2D eigenvalue weighted by atomic mass is 32.2. The van der Waals surface area contributed by atoms with Crippen LogP contribution in [-0.4, -0.2) is 68.5 Å². The Morgan fingerprint density at radius 1 is 1.28 bits per heavy atom. The van der Waals surface area contributed by atoms with Gasteiger partial charge in [-0.1, -0.05) is 17.8 Å². The minimum Gasteiger partial charge on any atom is -0.493 e. The Morgan fingerprint density at radius 2 is 2.00 bits per heavy atom. The van der Waals surface area contributed by atoms with Crippen molar-refractivity contribution >= 4 is 32.7 Å². The molecule has 0 radical (unpaired) electrons. The molecule has 7 nitrogen and oxygen atoms in total. The zero-order valence-electron chi connectivity index (χ0n) is 14.3. The van der Waals surface area contributed by atoms with Gasteiger partial charge in [0.15, 0.2) is 26.5 Å². The fourth-order valence-corrected chi connectivity index (χ4v) is 7.06. The Morgan fingerprint density at radius 3 is 2.64 bits per heavy atom. The number of sulfone groups is 1. The molecule has 1 aromatic carbocycles. The van der Waals surface area contributed by atoms with Gasteiger partial charge in [-0.3, -0.25) is 4.79 Å². The van der Waals surface area contributed by atoms with Crippen LogP contribution < -0.4 is 9.47 Å². The molecule has 2 heterocycles. The molecule has 0 saturated carbocycles. The van der Waals surface area contributed by atoms with E-state index in [1.165, 1.54) is 11.8 Å². The summed E-state index contributed by atoms with van der Waals surface area (Å²) in [5.41, 5.74) is 0.778. The molecule has 0 N–H and O–H groups in total. The third-order valence-electron chi connectivity index (χ3n) is 4.35. The summed E-state index contributed by atoms with van der Waals surface area (Å²) in [6.45, 7) is 0. The molecule has 3 rings (SSSR count). The third kappa shape index (κ3) is 3.77. The van der Waals surface area contributed by atoms with E-state index in [0.29, 0.717) is 16.7 Å². The second-order valence-electron chi connectivity index (χ2n) is 6.07. The van der Waals surface area contributed by atoms with Gasteiger partial charge >= 0.3 is 0 Å². The monoisotopic (exact) mass is 384 g/mol. The predicted molar refractivity (Wildman–Crippen MR) is 97.3 cm³/mol. The molecule has 1 amide bonds. The van der Waals surface area contributed by atoms with Gasteiger partial charge in [-0.2, -0.15) is 4.99 Å². The summed E-state index contributed by atoms with van der Waals surface area (Å²) in [6, 6.07) is 5.21. The summed E-state index contributed by atoms with van der Waals surface area (Å²) in [5.74, 6) is 1.17. The molecule has 2 aliphatic rings. The number of thioether (sulfide) groups is 1. The largest absolute Gasteiger partial charge is 0.493 e. The number of aliphatic imine (C=N–C) groups is 1. The molecule has 2 fully saturated rings. The van der Waals surface area contributed by atoms with Crippen LogP contribution in [0.15, 0.2) is 23.2 Å². The van der Waals surface area contributed by atoms with Gasteiger partial charge in [-0.15, -0.1) is 0 Å². The lowest BCUT2D eigenvalue weighted by molar-refractivity contribution is -0.117. The Hall–Kier alpha value is -1.74. The van der Waals surface area contributed by atoms with Gasteiger partial charge in [-0.25, -0.2) is 8.42 Å². The maximum Gasteiger partial charge on any atom is 0.252 e. The first-order valence-corrected chi connectivity index (χ1v) is 10.5. The number of carbonyl (C=O) groups excluding carboxylic acids is 1. The number of amidine groups is 1. The van der Waals surface area contributed by atoms with Crippen molar-refractivity contribution in [1.29, 1.82) is 0 Å². The lowest BCUT2D eigenvalue weighted by Gasteiger charge is -2.17. The molecule has 0 unspecified atom stereocenters. The topological polar surface area (TPSA) is 85.3 Å². The summed E-state index contributed by atoms with van der Waals surface area (Å²) in [4.78, 5) is 18.3. The molecule has 0 bridgehead atoms. The third-order valence-corrected chi connectivity index (χ3v) is 7.65. The van der Waals surface area contributed by atoms with Gasteiger partial charge in [0.25, 0.3) is 5.91 Å². The van der Waals surface area contributed by atoms with Crippen molar-refractivity contribution in [2.45, 2.75) is 17.7 Å². The number of rotatable bonds is 4. The van der Waals surface area contributed by atoms with Crippen molar-refractivity contribution in [3.05, 3.63) is 23.8 Å². The van der Waals surface area contributed by atoms with Crippen molar-refractivity contribution in [3.8, 4) is 11.5 Å². The van der Waals surface area contributed by atoms with Crippen molar-refractivity contribution < 1.29 is 22.7 Å². The van der Waals surface area contributed by atoms with Crippen molar-refractivity contribution in [2.75, 3.05) is 32.8 Å². The van der Waals surface area contributed by atoms with Crippen LogP contribution in [0.4, 0.5) is 0 Å². The van der Waals surface area contributed by atoms with Crippen LogP contribution in [0, 0.1) is 0 Å². The van der Waals surface area contributed by atoms with Crippen LogP contribution >= 0.6 is 11.8 Å². The van der Waals surface area contributed by atoms with Gasteiger partial charge in [0.1, 0.15) is 0 Å². The maximum atomic E-state index is 12.3. The highest BCUT2D eigenvalue weighted by Gasteiger charge is 2.47. The van der Waals surface area contributed by atoms with Gasteiger partial charge in [0, 0.05) is 12.3 Å². The molecular formula is C16H20N2O5S2. The van der Waals surface area contributed by atoms with Gasteiger partial charge in [-0.05, 0) is 17.7 Å². The van der Waals surface area contributed by atoms with Crippen LogP contribution in [0.25, 0.3) is 0 Å². The fraction of sp³-hybridized carbons (Fsp3) is 0.500. The molecule has 2 saturated heterocycles. The summed E-state index contributed by atoms with van der Waals surface area (Å²) >= 11 is 1.38. The molecule has 0 aromatic heterocycles. The molecule has 9 heteroatoms. The normalized spacial score (nSPS) is 25.9. The van der Waals surface area contributed by atoms with Gasteiger partial charge in [0.05, 0.1) is 38.2 Å². The second-order valence-corrected chi connectivity index (χ2v) is 9.43. The lowest BCUT2D eigenvalue weighted by Crippen LogP contribution is -2.34. The maximum absolute atomic E-state index is 12.3. The number of fused-ring (bicyclic) bond motifs is 1. The first-order chi connectivity index (χ1) is 11.8. The highest BCUT2D eigenvalue weighted by molar-refractivity contribution is 8.15. The predicted octanol–water partition coefficient (Wildman–Crippen LogP) is 0.973. The molecule has 1 aromatic rings. The zero-order valence-corrected chi connectivity index (χ0v) is 15.9. The average Bonchev–Trinajstić information content (AvgIpc) is 3.00. The number of hydrogen-bond acceptors (Lipinski definition) is 6. The first kappa shape index (κ1) is 18.1. The zero-order chi connectivity index (χ0) is 18.2. The summed E-state index contributed by atoms with van der Waals surface area (Å²) in [5, 5.41) is 0.554. The van der Waals surface area contributed by atoms with Crippen LogP contribution in [0.1, 0.15) is 5.56 Å². The minimum atomic E-state index is -2.98. The number of nitrogens with zero attached hydrogens (tertiary/aromatic N) is 2. The smallest absolute Gasteiger partial charge is 0.252 e. The number of methoxy groups -OCH3 is 2. The number of hydrogen-bond donors (Lipinski definition) is 0. The minimum absolute atomic E-state index is 0.0392. The van der Waals surface area contributed by atoms with E-state index in [4.69, 9.17) is 9.47 Å². The molecule has 136 valence electrons. The fourth-order valence-electron chi connectivity index (χ4n) is 3.05. The number of carbonyl (C=O) groups is 1. The molecule has 2 atom stereocenters. The van der Waals surface area contributed by atoms with Crippen LogP contribution in [0.2, 0.25) is 0 Å². The number of ether oxygens (including phenoxy) is 2. The Balaban J connectivity index is 1.70. The molecule has 0 aliphatic carbocycles. The summed E-state index contributed by atoms with van der Waals surface area (Å²) < 4.78 is 33.8. The summed E-state index contributed by atoms with van der Waals surface area (Å²) in [6.07, 6.45) is 0.145. The summed E-state index contributed by atoms with van der Waals surface area (Å²) in [7, 11) is 1.91. The van der Waals surface area contributed by atoms with Crippen LogP contribution in [-0.2, 0) is 21.1 Å². The Kier molecular flexibility index (Phi) is 4.97. The van der Waals surface area contributed by atoms with E-state index in [9.17, 15) is 13.2 Å². The van der Waals surface area contributed by atoms with E-state index in [1.54, 1.807) is 39.5 Å². The van der Waals surface area contributed by atoms with Crippen molar-refractivity contribution in [2.24, 2.45) is 4.99 Å². The first-order valence-electron chi connectivity index (χ1n) is 7.75. The van der Waals surface area contributed by atoms with Crippen LogP contribution in [0.5, 0.6) is 11.5 Å². The Labute approximate surface area is 151 Å². The average molecular weight is 384 g/mol. The van der Waals surface area contributed by atoms with Crippen molar-refractivity contribution in [1.82, 2.24) is 4.90 Å². The lowest BCUT2D eigenvalue weighted by atomic mass is 10.1. The quantitative estimate of drug-likeness (QED) is 0.765. The van der Waals surface area contributed by atoms with E-state index < -0.39 is 9.84 Å². The standard InChI is InChI=1S/C16H20N2O5S2/c1-18-11-8-25(20,21)9-14(11)24-16(18)17-15(19)7-10-4-5-12(22-2)13(6-10)23-3/h4-6,11,14H,7-9H2,1-3H3/t11-,14-/m1/s1. The number of amides is 1. The molecular weight excluding hydrogens is 364 g/mol. The van der Waals surface area contributed by atoms with E-state index >= 15 is 0 Å². The van der Waals surface area contributed by atoms with Crippen molar-refractivity contribution in [3.63, 3.8) is 0 Å². The van der Waals surface area contributed by atoms with E-state index in [1.807, 2.05) is 4.90 Å². The molecule has 25 heavy (non-hydrogen) atoms. The van der Waals surface area contributed by atoms with E-state index in [2.05, 4.69) is 4.99 Å². The molecule has 0 spiro atoms. The Bertz CT molecular complexity index is 822. The van der Waals surface area contributed by atoms with E-state index in [0.717, 1.165) is 5.56 Å². The van der Waals surface area contributed by atoms with E-state index in [-0.39, 0.29) is 35.1 Å². The number of benzene rings is 1. The SMILES string of the molecule is COc1ccc(CC(=O)N=C2S[C@@H]3CS(=O)(=O)C[C@H]3N2C)cc1OC. The second kappa shape index (κ2) is 6.87.